The lowest BCUT2D eigenvalue weighted by molar-refractivity contribution is 0.250. The molecule has 1 rings (SSSR count). The summed E-state index contributed by atoms with van der Waals surface area (Å²) in [6.07, 6.45) is 4.55. The largest absolute Gasteiger partial charge is 0.336 e. The molecule has 1 aromatic heterocycles. The summed E-state index contributed by atoms with van der Waals surface area (Å²) in [5.74, 6) is 0.445. The highest BCUT2D eigenvalue weighted by Crippen LogP contribution is 1.96. The number of rotatable bonds is 2. The predicted octanol–water partition coefficient (Wildman–Crippen LogP) is 1.01. The van der Waals surface area contributed by atoms with Crippen LogP contribution in [-0.2, 0) is 0 Å². The molecule has 5 nitrogen and oxygen atoms in total. The van der Waals surface area contributed by atoms with Gasteiger partial charge in [-0.1, -0.05) is 0 Å². The first-order valence-corrected chi connectivity index (χ1v) is 4.02. The molecular formula is C8H12N4O. The number of amides is 2. The van der Waals surface area contributed by atoms with Crippen LogP contribution in [0.3, 0.4) is 0 Å². The summed E-state index contributed by atoms with van der Waals surface area (Å²) in [4.78, 5) is 18.8. The van der Waals surface area contributed by atoms with Gasteiger partial charge in [-0.2, -0.15) is 0 Å². The second kappa shape index (κ2) is 4.39. The fraction of sp³-hybridized carbons (Fsp3) is 0.375. The molecular weight excluding hydrogens is 168 g/mol. The first-order chi connectivity index (χ1) is 6.18. The summed E-state index contributed by atoms with van der Waals surface area (Å²) in [6, 6.07) is -0.160. The van der Waals surface area contributed by atoms with Crippen molar-refractivity contribution < 1.29 is 4.79 Å². The van der Waals surface area contributed by atoms with Crippen molar-refractivity contribution >= 4 is 11.8 Å². The van der Waals surface area contributed by atoms with Crippen molar-refractivity contribution in [3.8, 4) is 0 Å². The Hall–Kier alpha value is -1.65. The fourth-order valence-electron chi connectivity index (χ4n) is 0.778. The van der Waals surface area contributed by atoms with E-state index in [1.807, 2.05) is 13.8 Å². The Labute approximate surface area is 76.6 Å². The van der Waals surface area contributed by atoms with Gasteiger partial charge in [0.05, 0.1) is 6.20 Å². The molecule has 0 saturated heterocycles. The number of hydrogen-bond donors (Lipinski definition) is 2. The van der Waals surface area contributed by atoms with Gasteiger partial charge < -0.3 is 5.32 Å². The Balaban J connectivity index is 2.46. The van der Waals surface area contributed by atoms with Crippen LogP contribution >= 0.6 is 0 Å². The lowest BCUT2D eigenvalue weighted by Crippen LogP contribution is -2.34. The number of nitrogens with one attached hydrogen (secondary N) is 2. The molecule has 0 aromatic carbocycles. The Morgan fingerprint density at radius 3 is 2.77 bits per heavy atom. The van der Waals surface area contributed by atoms with Gasteiger partial charge in [-0.3, -0.25) is 10.3 Å². The number of carbonyl (C=O) groups is 1. The molecule has 0 bridgehead atoms. The van der Waals surface area contributed by atoms with Crippen LogP contribution < -0.4 is 10.6 Å². The third-order valence-electron chi connectivity index (χ3n) is 1.22. The van der Waals surface area contributed by atoms with Crippen molar-refractivity contribution in [2.24, 2.45) is 0 Å². The van der Waals surface area contributed by atoms with E-state index in [9.17, 15) is 4.79 Å². The van der Waals surface area contributed by atoms with E-state index in [1.54, 1.807) is 6.20 Å². The molecule has 5 heteroatoms. The Kier molecular flexibility index (Phi) is 3.19. The van der Waals surface area contributed by atoms with Crippen LogP contribution in [0.25, 0.3) is 0 Å². The number of nitrogens with zero attached hydrogens (tertiary/aromatic N) is 2. The average Bonchev–Trinajstić information content (AvgIpc) is 2.04. The summed E-state index contributed by atoms with van der Waals surface area (Å²) in [5.41, 5.74) is 0. The summed E-state index contributed by atoms with van der Waals surface area (Å²) < 4.78 is 0. The number of hydrogen-bond acceptors (Lipinski definition) is 3. The molecule has 70 valence electrons. The van der Waals surface area contributed by atoms with Crippen molar-refractivity contribution in [3.05, 3.63) is 18.6 Å². The minimum absolute atomic E-state index is 0.108. The molecule has 0 saturated carbocycles. The van der Waals surface area contributed by atoms with Crippen molar-refractivity contribution in [1.29, 1.82) is 0 Å². The van der Waals surface area contributed by atoms with Gasteiger partial charge >= 0.3 is 6.03 Å². The summed E-state index contributed by atoms with van der Waals surface area (Å²) in [7, 11) is 0. The molecule has 0 radical (unpaired) electrons. The SMILES string of the molecule is CC(C)NC(=O)Nc1cnccn1. The van der Waals surface area contributed by atoms with Crippen molar-refractivity contribution in [1.82, 2.24) is 15.3 Å². The van der Waals surface area contributed by atoms with Crippen LogP contribution in [0.2, 0.25) is 0 Å². The second-order valence-electron chi connectivity index (χ2n) is 2.84. The predicted molar refractivity (Wildman–Crippen MR) is 49.3 cm³/mol. The van der Waals surface area contributed by atoms with E-state index in [4.69, 9.17) is 0 Å². The maximum Gasteiger partial charge on any atom is 0.320 e. The van der Waals surface area contributed by atoms with Gasteiger partial charge in [-0.15, -0.1) is 0 Å². The van der Waals surface area contributed by atoms with E-state index >= 15 is 0 Å². The standard InChI is InChI=1S/C8H12N4O/c1-6(2)11-8(13)12-7-5-9-3-4-10-7/h3-6H,1-2H3,(H2,10,11,12,13). The molecule has 0 aliphatic heterocycles. The van der Waals surface area contributed by atoms with Crippen molar-refractivity contribution in [3.63, 3.8) is 0 Å². The first-order valence-electron chi connectivity index (χ1n) is 4.02. The third kappa shape index (κ3) is 3.50. The average molecular weight is 180 g/mol. The maximum atomic E-state index is 11.1. The van der Waals surface area contributed by atoms with E-state index in [1.165, 1.54) is 12.4 Å². The van der Waals surface area contributed by atoms with Crippen LogP contribution in [0.4, 0.5) is 10.6 Å². The molecule has 2 N–H and O–H groups in total. The van der Waals surface area contributed by atoms with Crippen LogP contribution in [0.1, 0.15) is 13.8 Å². The molecule has 1 heterocycles. The number of anilines is 1. The summed E-state index contributed by atoms with van der Waals surface area (Å²) in [5, 5.41) is 5.22. The summed E-state index contributed by atoms with van der Waals surface area (Å²) in [6.45, 7) is 3.77. The minimum atomic E-state index is -0.268. The van der Waals surface area contributed by atoms with E-state index in [0.29, 0.717) is 5.82 Å². The smallest absolute Gasteiger partial charge is 0.320 e. The maximum absolute atomic E-state index is 11.1. The lowest BCUT2D eigenvalue weighted by Gasteiger charge is -2.08. The normalized spacial score (nSPS) is 9.77. The van der Waals surface area contributed by atoms with Gasteiger partial charge in [0.1, 0.15) is 0 Å². The van der Waals surface area contributed by atoms with Crippen LogP contribution in [-0.4, -0.2) is 22.0 Å². The highest BCUT2D eigenvalue weighted by molar-refractivity contribution is 5.88. The highest BCUT2D eigenvalue weighted by Gasteiger charge is 2.02. The number of carbonyl (C=O) groups excluding carboxylic acids is 1. The van der Waals surface area contributed by atoms with Gasteiger partial charge in [0, 0.05) is 18.4 Å². The zero-order valence-corrected chi connectivity index (χ0v) is 7.61. The molecule has 0 aliphatic carbocycles. The molecule has 0 atom stereocenters. The van der Waals surface area contributed by atoms with E-state index in [2.05, 4.69) is 20.6 Å². The molecule has 2 amide bonds. The van der Waals surface area contributed by atoms with Gasteiger partial charge in [0.15, 0.2) is 5.82 Å². The Morgan fingerprint density at radius 2 is 2.23 bits per heavy atom. The van der Waals surface area contributed by atoms with Gasteiger partial charge in [0.25, 0.3) is 0 Å². The van der Waals surface area contributed by atoms with Crippen molar-refractivity contribution in [2.75, 3.05) is 5.32 Å². The zero-order chi connectivity index (χ0) is 9.68. The van der Waals surface area contributed by atoms with Gasteiger partial charge in [-0.05, 0) is 13.8 Å². The Morgan fingerprint density at radius 1 is 1.46 bits per heavy atom. The molecule has 0 aliphatic rings. The van der Waals surface area contributed by atoms with E-state index < -0.39 is 0 Å². The topological polar surface area (TPSA) is 66.9 Å². The number of aromatic nitrogens is 2. The Bertz CT molecular complexity index is 273. The molecule has 0 unspecified atom stereocenters. The minimum Gasteiger partial charge on any atom is -0.336 e. The van der Waals surface area contributed by atoms with E-state index in [-0.39, 0.29) is 12.1 Å². The van der Waals surface area contributed by atoms with Gasteiger partial charge in [0.2, 0.25) is 0 Å². The molecule has 0 spiro atoms. The van der Waals surface area contributed by atoms with Gasteiger partial charge in [-0.25, -0.2) is 9.78 Å². The highest BCUT2D eigenvalue weighted by atomic mass is 16.2. The summed E-state index contributed by atoms with van der Waals surface area (Å²) >= 11 is 0. The first kappa shape index (κ1) is 9.44. The zero-order valence-electron chi connectivity index (χ0n) is 7.61. The van der Waals surface area contributed by atoms with Crippen LogP contribution in [0.5, 0.6) is 0 Å². The quantitative estimate of drug-likeness (QED) is 0.713. The van der Waals surface area contributed by atoms with Crippen molar-refractivity contribution in [2.45, 2.75) is 19.9 Å². The van der Waals surface area contributed by atoms with Crippen LogP contribution in [0.15, 0.2) is 18.6 Å². The second-order valence-corrected chi connectivity index (χ2v) is 2.84. The fourth-order valence-corrected chi connectivity index (χ4v) is 0.778. The molecule has 0 fully saturated rings. The number of urea groups is 1. The monoisotopic (exact) mass is 180 g/mol. The third-order valence-corrected chi connectivity index (χ3v) is 1.22. The van der Waals surface area contributed by atoms with E-state index in [0.717, 1.165) is 0 Å². The molecule has 13 heavy (non-hydrogen) atoms. The lowest BCUT2D eigenvalue weighted by atomic mass is 10.4. The molecule has 1 aromatic rings. The van der Waals surface area contributed by atoms with Crippen LogP contribution in [0, 0.1) is 0 Å².